The molecule has 0 unspecified atom stereocenters. The first-order chi connectivity index (χ1) is 8.43. The predicted octanol–water partition coefficient (Wildman–Crippen LogP) is 1.64. The van der Waals surface area contributed by atoms with Gasteiger partial charge in [0.15, 0.2) is 5.11 Å². The van der Waals surface area contributed by atoms with Crippen molar-refractivity contribution in [3.05, 3.63) is 28.8 Å². The Balaban J connectivity index is 2.68. The fourth-order valence-electron chi connectivity index (χ4n) is 1.81. The van der Waals surface area contributed by atoms with Crippen LogP contribution in [-0.2, 0) is 4.79 Å². The molecule has 0 spiro atoms. The number of carbonyl (C=O) groups is 1. The molecule has 5 heteroatoms. The van der Waals surface area contributed by atoms with Crippen LogP contribution in [0.15, 0.2) is 12.1 Å². The molecule has 4 nitrogen and oxygen atoms in total. The number of rotatable bonds is 3. The second-order valence-corrected chi connectivity index (χ2v) is 4.66. The van der Waals surface area contributed by atoms with Crippen LogP contribution in [0.5, 0.6) is 0 Å². The molecule has 0 saturated heterocycles. The summed E-state index contributed by atoms with van der Waals surface area (Å²) in [4.78, 5) is 11.8. The average Bonchev–Trinajstić information content (AvgIpc) is 2.30. The van der Waals surface area contributed by atoms with Gasteiger partial charge in [-0.3, -0.25) is 4.79 Å². The van der Waals surface area contributed by atoms with Crippen LogP contribution in [0.2, 0.25) is 0 Å². The highest BCUT2D eigenvalue weighted by Gasteiger charge is 2.08. The first kappa shape index (κ1) is 14.4. The lowest BCUT2D eigenvalue weighted by Gasteiger charge is -2.13. The molecule has 0 aliphatic heterocycles. The first-order valence-electron chi connectivity index (χ1n) is 5.77. The first-order valence-corrected chi connectivity index (χ1v) is 6.18. The zero-order chi connectivity index (χ0) is 13.7. The monoisotopic (exact) mass is 265 g/mol. The maximum atomic E-state index is 11.8. The maximum Gasteiger partial charge on any atom is 0.243 e. The summed E-state index contributed by atoms with van der Waals surface area (Å²) in [5.74, 6) is -0.109. The van der Waals surface area contributed by atoms with E-state index in [9.17, 15) is 4.79 Å². The van der Waals surface area contributed by atoms with Crippen molar-refractivity contribution in [3.8, 4) is 0 Å². The highest BCUT2D eigenvalue weighted by Crippen LogP contribution is 2.21. The standard InChI is InChI=1S/C13H19N3OS/c1-8-5-9(2)12(10(3)6-8)16-11(17)7-15-13(18)14-4/h5-6H,7H2,1-4H3,(H,16,17)(H2,14,15,18). The molecule has 98 valence electrons. The van der Waals surface area contributed by atoms with E-state index in [2.05, 4.69) is 16.0 Å². The Labute approximate surface area is 113 Å². The summed E-state index contributed by atoms with van der Waals surface area (Å²) in [5, 5.41) is 8.92. The minimum Gasteiger partial charge on any atom is -0.366 e. The number of hydrogen-bond donors (Lipinski definition) is 3. The van der Waals surface area contributed by atoms with E-state index < -0.39 is 0 Å². The summed E-state index contributed by atoms with van der Waals surface area (Å²) in [5.41, 5.74) is 4.20. The largest absolute Gasteiger partial charge is 0.366 e. The lowest BCUT2D eigenvalue weighted by atomic mass is 10.1. The van der Waals surface area contributed by atoms with E-state index in [-0.39, 0.29) is 12.5 Å². The lowest BCUT2D eigenvalue weighted by Crippen LogP contribution is -2.38. The van der Waals surface area contributed by atoms with Crippen molar-refractivity contribution in [3.63, 3.8) is 0 Å². The van der Waals surface area contributed by atoms with Gasteiger partial charge in [-0.2, -0.15) is 0 Å². The molecule has 18 heavy (non-hydrogen) atoms. The highest BCUT2D eigenvalue weighted by molar-refractivity contribution is 7.80. The van der Waals surface area contributed by atoms with Crippen molar-refractivity contribution in [1.82, 2.24) is 10.6 Å². The number of carbonyl (C=O) groups excluding carboxylic acids is 1. The fourth-order valence-corrected chi connectivity index (χ4v) is 1.88. The third kappa shape index (κ3) is 4.00. The van der Waals surface area contributed by atoms with Crippen LogP contribution in [0, 0.1) is 20.8 Å². The fraction of sp³-hybridized carbons (Fsp3) is 0.385. The van der Waals surface area contributed by atoms with E-state index in [1.807, 2.05) is 32.9 Å². The third-order valence-corrected chi connectivity index (χ3v) is 2.93. The highest BCUT2D eigenvalue weighted by atomic mass is 32.1. The molecule has 1 amide bonds. The van der Waals surface area contributed by atoms with Crippen LogP contribution in [0.4, 0.5) is 5.69 Å². The third-order valence-electron chi connectivity index (χ3n) is 2.58. The second-order valence-electron chi connectivity index (χ2n) is 4.25. The minimum absolute atomic E-state index is 0.109. The van der Waals surface area contributed by atoms with Gasteiger partial charge in [0.2, 0.25) is 5.91 Å². The average molecular weight is 265 g/mol. The molecule has 0 fully saturated rings. The van der Waals surface area contributed by atoms with Gasteiger partial charge in [-0.1, -0.05) is 17.7 Å². The molecule has 0 bridgehead atoms. The van der Waals surface area contributed by atoms with Crippen LogP contribution in [-0.4, -0.2) is 24.6 Å². The number of anilines is 1. The van der Waals surface area contributed by atoms with Crippen molar-refractivity contribution >= 4 is 28.9 Å². The molecule has 0 saturated carbocycles. The number of thiocarbonyl (C=S) groups is 1. The van der Waals surface area contributed by atoms with Gasteiger partial charge in [-0.05, 0) is 44.1 Å². The van der Waals surface area contributed by atoms with Gasteiger partial charge < -0.3 is 16.0 Å². The van der Waals surface area contributed by atoms with Gasteiger partial charge in [0.1, 0.15) is 0 Å². The van der Waals surface area contributed by atoms with Crippen molar-refractivity contribution in [2.75, 3.05) is 18.9 Å². The summed E-state index contributed by atoms with van der Waals surface area (Å²) >= 11 is 4.90. The number of amides is 1. The van der Waals surface area contributed by atoms with Crippen LogP contribution in [0.25, 0.3) is 0 Å². The second kappa shape index (κ2) is 6.35. The van der Waals surface area contributed by atoms with E-state index in [4.69, 9.17) is 12.2 Å². The molecule has 0 radical (unpaired) electrons. The molecular formula is C13H19N3OS. The van der Waals surface area contributed by atoms with Crippen LogP contribution in [0.1, 0.15) is 16.7 Å². The van der Waals surface area contributed by atoms with Gasteiger partial charge >= 0.3 is 0 Å². The molecular weight excluding hydrogens is 246 g/mol. The van der Waals surface area contributed by atoms with Crippen molar-refractivity contribution in [2.24, 2.45) is 0 Å². The Bertz CT molecular complexity index is 448. The molecule has 0 heterocycles. The van der Waals surface area contributed by atoms with Crippen molar-refractivity contribution in [1.29, 1.82) is 0 Å². The maximum absolute atomic E-state index is 11.8. The Morgan fingerprint density at radius 3 is 2.28 bits per heavy atom. The predicted molar refractivity (Wildman–Crippen MR) is 78.9 cm³/mol. The number of hydrogen-bond acceptors (Lipinski definition) is 2. The van der Waals surface area contributed by atoms with E-state index in [0.29, 0.717) is 5.11 Å². The molecule has 0 aliphatic carbocycles. The molecule has 0 aliphatic rings. The number of benzene rings is 1. The molecule has 1 rings (SSSR count). The molecule has 0 atom stereocenters. The molecule has 3 N–H and O–H groups in total. The zero-order valence-electron chi connectivity index (χ0n) is 11.2. The lowest BCUT2D eigenvalue weighted by molar-refractivity contribution is -0.115. The van der Waals surface area contributed by atoms with Gasteiger partial charge in [0.05, 0.1) is 6.54 Å². The summed E-state index contributed by atoms with van der Waals surface area (Å²) in [6, 6.07) is 4.10. The van der Waals surface area contributed by atoms with Crippen molar-refractivity contribution in [2.45, 2.75) is 20.8 Å². The summed E-state index contributed by atoms with van der Waals surface area (Å²) < 4.78 is 0. The van der Waals surface area contributed by atoms with E-state index in [0.717, 1.165) is 16.8 Å². The summed E-state index contributed by atoms with van der Waals surface area (Å²) in [6.07, 6.45) is 0. The SMILES string of the molecule is CNC(=S)NCC(=O)Nc1c(C)cc(C)cc1C. The summed E-state index contributed by atoms with van der Waals surface area (Å²) in [6.45, 7) is 6.17. The molecule has 1 aromatic carbocycles. The summed E-state index contributed by atoms with van der Waals surface area (Å²) in [7, 11) is 1.71. The number of aryl methyl sites for hydroxylation is 3. The normalized spacial score (nSPS) is 9.78. The van der Waals surface area contributed by atoms with Gasteiger partial charge in [-0.15, -0.1) is 0 Å². The van der Waals surface area contributed by atoms with E-state index in [1.165, 1.54) is 5.56 Å². The molecule has 1 aromatic rings. The Morgan fingerprint density at radius 1 is 1.22 bits per heavy atom. The van der Waals surface area contributed by atoms with Crippen molar-refractivity contribution < 1.29 is 4.79 Å². The van der Waals surface area contributed by atoms with Gasteiger partial charge in [-0.25, -0.2) is 0 Å². The Kier molecular flexibility index (Phi) is 5.09. The van der Waals surface area contributed by atoms with Crippen LogP contribution in [0.3, 0.4) is 0 Å². The quantitative estimate of drug-likeness (QED) is 0.727. The van der Waals surface area contributed by atoms with E-state index >= 15 is 0 Å². The zero-order valence-corrected chi connectivity index (χ0v) is 12.0. The topological polar surface area (TPSA) is 53.2 Å². The van der Waals surface area contributed by atoms with Crippen LogP contribution < -0.4 is 16.0 Å². The smallest absolute Gasteiger partial charge is 0.243 e. The van der Waals surface area contributed by atoms with E-state index in [1.54, 1.807) is 7.05 Å². The van der Waals surface area contributed by atoms with Crippen LogP contribution >= 0.6 is 12.2 Å². The Morgan fingerprint density at radius 2 is 1.78 bits per heavy atom. The minimum atomic E-state index is -0.109. The molecule has 0 aromatic heterocycles. The van der Waals surface area contributed by atoms with Gasteiger partial charge in [0, 0.05) is 12.7 Å². The Hall–Kier alpha value is -1.62. The number of nitrogens with one attached hydrogen (secondary N) is 3. The van der Waals surface area contributed by atoms with Gasteiger partial charge in [0.25, 0.3) is 0 Å².